The Balaban J connectivity index is 2.17. The Bertz CT molecular complexity index is 916. The Morgan fingerprint density at radius 3 is 2.73 bits per heavy atom. The highest BCUT2D eigenvalue weighted by Crippen LogP contribution is 2.32. The standard InChI is InChI=1S/C18H14FNO2/c19-12-8-9-14-16(11-12)20(13-5-2-1-3-6-13)18(21)15-7-4-10-22-17(14)15/h1-3,5-6,8-9,11H,4,7,10H2. The number of fused-ring (bicyclic) bond motifs is 3. The monoisotopic (exact) mass is 295 g/mol. The van der Waals surface area contributed by atoms with E-state index in [4.69, 9.17) is 4.74 Å². The Morgan fingerprint density at radius 2 is 1.91 bits per heavy atom. The van der Waals surface area contributed by atoms with Gasteiger partial charge < -0.3 is 4.74 Å². The molecule has 1 aromatic heterocycles. The molecule has 4 rings (SSSR count). The van der Waals surface area contributed by atoms with Gasteiger partial charge in [0.25, 0.3) is 5.56 Å². The molecule has 0 amide bonds. The highest BCUT2D eigenvalue weighted by Gasteiger charge is 2.21. The number of hydrogen-bond acceptors (Lipinski definition) is 2. The zero-order valence-electron chi connectivity index (χ0n) is 11.9. The molecule has 0 N–H and O–H groups in total. The normalized spacial score (nSPS) is 13.7. The van der Waals surface area contributed by atoms with Gasteiger partial charge in [0.1, 0.15) is 11.6 Å². The second kappa shape index (κ2) is 4.98. The number of rotatable bonds is 1. The summed E-state index contributed by atoms with van der Waals surface area (Å²) < 4.78 is 21.0. The van der Waals surface area contributed by atoms with Gasteiger partial charge >= 0.3 is 0 Å². The minimum absolute atomic E-state index is 0.126. The zero-order valence-corrected chi connectivity index (χ0v) is 11.9. The lowest BCUT2D eigenvalue weighted by molar-refractivity contribution is 0.290. The number of hydrogen-bond donors (Lipinski definition) is 0. The SMILES string of the molecule is O=c1c2c(c3ccc(F)cc3n1-c1ccccc1)OCCC2. The lowest BCUT2D eigenvalue weighted by Gasteiger charge is -2.21. The maximum absolute atomic E-state index is 13.7. The molecule has 0 atom stereocenters. The summed E-state index contributed by atoms with van der Waals surface area (Å²) in [5, 5.41) is 0.777. The van der Waals surface area contributed by atoms with Crippen molar-refractivity contribution in [2.45, 2.75) is 12.8 Å². The summed E-state index contributed by atoms with van der Waals surface area (Å²) in [6, 6.07) is 13.8. The van der Waals surface area contributed by atoms with E-state index in [-0.39, 0.29) is 11.4 Å². The average molecular weight is 295 g/mol. The predicted octanol–water partition coefficient (Wildman–Crippen LogP) is 3.45. The van der Waals surface area contributed by atoms with Crippen LogP contribution in [0.5, 0.6) is 5.75 Å². The van der Waals surface area contributed by atoms with Gasteiger partial charge in [0.05, 0.1) is 17.7 Å². The fraction of sp³-hybridized carbons (Fsp3) is 0.167. The minimum atomic E-state index is -0.368. The number of ether oxygens (including phenoxy) is 1. The van der Waals surface area contributed by atoms with Crippen molar-refractivity contribution in [3.8, 4) is 11.4 Å². The topological polar surface area (TPSA) is 31.2 Å². The van der Waals surface area contributed by atoms with Crippen LogP contribution in [0.2, 0.25) is 0 Å². The van der Waals surface area contributed by atoms with Crippen LogP contribution in [0.1, 0.15) is 12.0 Å². The minimum Gasteiger partial charge on any atom is -0.492 e. The van der Waals surface area contributed by atoms with E-state index in [9.17, 15) is 9.18 Å². The summed E-state index contributed by atoms with van der Waals surface area (Å²) in [4.78, 5) is 12.9. The molecule has 0 bridgehead atoms. The lowest BCUT2D eigenvalue weighted by Crippen LogP contribution is -2.27. The predicted molar refractivity (Wildman–Crippen MR) is 83.3 cm³/mol. The van der Waals surface area contributed by atoms with Crippen LogP contribution in [0.3, 0.4) is 0 Å². The van der Waals surface area contributed by atoms with Gasteiger partial charge in [-0.1, -0.05) is 18.2 Å². The Kier molecular flexibility index (Phi) is 2.96. The van der Waals surface area contributed by atoms with E-state index in [1.54, 1.807) is 10.6 Å². The first-order valence-electron chi connectivity index (χ1n) is 7.31. The van der Waals surface area contributed by atoms with Crippen molar-refractivity contribution in [3.05, 3.63) is 70.3 Å². The van der Waals surface area contributed by atoms with Crippen molar-refractivity contribution < 1.29 is 9.13 Å². The van der Waals surface area contributed by atoms with Gasteiger partial charge in [-0.25, -0.2) is 4.39 Å². The van der Waals surface area contributed by atoms with Gasteiger partial charge in [0.2, 0.25) is 0 Å². The molecule has 1 aliphatic rings. The van der Waals surface area contributed by atoms with Crippen molar-refractivity contribution >= 4 is 10.9 Å². The molecule has 0 aliphatic carbocycles. The van der Waals surface area contributed by atoms with Crippen molar-refractivity contribution in [3.63, 3.8) is 0 Å². The van der Waals surface area contributed by atoms with Crippen LogP contribution in [0.4, 0.5) is 4.39 Å². The van der Waals surface area contributed by atoms with Crippen LogP contribution in [-0.2, 0) is 6.42 Å². The van der Waals surface area contributed by atoms with Crippen LogP contribution < -0.4 is 10.3 Å². The van der Waals surface area contributed by atoms with E-state index in [0.29, 0.717) is 29.9 Å². The molecule has 3 aromatic rings. The first-order valence-corrected chi connectivity index (χ1v) is 7.31. The smallest absolute Gasteiger partial charge is 0.262 e. The molecule has 0 fully saturated rings. The van der Waals surface area contributed by atoms with E-state index in [2.05, 4.69) is 0 Å². The van der Waals surface area contributed by atoms with Gasteiger partial charge in [-0.15, -0.1) is 0 Å². The van der Waals surface area contributed by atoms with Crippen LogP contribution in [-0.4, -0.2) is 11.2 Å². The van der Waals surface area contributed by atoms with Crippen molar-refractivity contribution in [1.82, 2.24) is 4.57 Å². The maximum Gasteiger partial charge on any atom is 0.262 e. The first-order chi connectivity index (χ1) is 10.8. The summed E-state index contributed by atoms with van der Waals surface area (Å²) in [5.41, 5.74) is 1.82. The molecule has 0 saturated carbocycles. The Hall–Kier alpha value is -2.62. The van der Waals surface area contributed by atoms with Gasteiger partial charge in [-0.2, -0.15) is 0 Å². The Morgan fingerprint density at radius 1 is 1.09 bits per heavy atom. The number of para-hydroxylation sites is 1. The molecular formula is C18H14FNO2. The largest absolute Gasteiger partial charge is 0.492 e. The van der Waals surface area contributed by atoms with Crippen LogP contribution in [0, 0.1) is 5.82 Å². The summed E-state index contributed by atoms with van der Waals surface area (Å²) >= 11 is 0. The van der Waals surface area contributed by atoms with E-state index in [0.717, 1.165) is 17.5 Å². The average Bonchev–Trinajstić information content (AvgIpc) is 2.56. The molecule has 0 unspecified atom stereocenters. The van der Waals surface area contributed by atoms with E-state index in [1.165, 1.54) is 12.1 Å². The third kappa shape index (κ3) is 1.91. The van der Waals surface area contributed by atoms with E-state index >= 15 is 0 Å². The quantitative estimate of drug-likeness (QED) is 0.688. The second-order valence-electron chi connectivity index (χ2n) is 5.40. The molecular weight excluding hydrogens is 281 g/mol. The number of halogens is 1. The van der Waals surface area contributed by atoms with E-state index < -0.39 is 0 Å². The highest BCUT2D eigenvalue weighted by atomic mass is 19.1. The molecule has 0 radical (unpaired) electrons. The fourth-order valence-corrected chi connectivity index (χ4v) is 3.03. The van der Waals surface area contributed by atoms with Crippen molar-refractivity contribution in [2.75, 3.05) is 6.61 Å². The third-order valence-corrected chi connectivity index (χ3v) is 4.01. The molecule has 2 aromatic carbocycles. The fourth-order valence-electron chi connectivity index (χ4n) is 3.03. The number of benzene rings is 2. The highest BCUT2D eigenvalue weighted by molar-refractivity contribution is 5.88. The second-order valence-corrected chi connectivity index (χ2v) is 5.40. The van der Waals surface area contributed by atoms with Crippen LogP contribution >= 0.6 is 0 Å². The molecule has 22 heavy (non-hydrogen) atoms. The zero-order chi connectivity index (χ0) is 15.1. The summed E-state index contributed by atoms with van der Waals surface area (Å²) in [6.07, 6.45) is 1.51. The van der Waals surface area contributed by atoms with Crippen LogP contribution in [0.25, 0.3) is 16.6 Å². The molecule has 0 spiro atoms. The number of pyridine rings is 1. The van der Waals surface area contributed by atoms with Gasteiger partial charge in [0, 0.05) is 11.1 Å². The van der Waals surface area contributed by atoms with E-state index in [1.807, 2.05) is 30.3 Å². The molecule has 3 nitrogen and oxygen atoms in total. The Labute approximate surface area is 126 Å². The molecule has 4 heteroatoms. The number of nitrogens with zero attached hydrogens (tertiary/aromatic N) is 1. The third-order valence-electron chi connectivity index (χ3n) is 4.01. The van der Waals surface area contributed by atoms with Gasteiger partial charge in [-0.3, -0.25) is 9.36 Å². The lowest BCUT2D eigenvalue weighted by atomic mass is 10.0. The molecule has 1 aliphatic heterocycles. The summed E-state index contributed by atoms with van der Waals surface area (Å²) in [5.74, 6) is 0.241. The maximum atomic E-state index is 13.7. The summed E-state index contributed by atoms with van der Waals surface area (Å²) in [7, 11) is 0. The van der Waals surface area contributed by atoms with Crippen LogP contribution in [0.15, 0.2) is 53.3 Å². The first kappa shape index (κ1) is 13.1. The molecule has 110 valence electrons. The van der Waals surface area contributed by atoms with Crippen molar-refractivity contribution in [1.29, 1.82) is 0 Å². The van der Waals surface area contributed by atoms with Crippen molar-refractivity contribution in [2.24, 2.45) is 0 Å². The molecule has 0 saturated heterocycles. The van der Waals surface area contributed by atoms with Gasteiger partial charge in [-0.05, 0) is 43.2 Å². The summed E-state index contributed by atoms with van der Waals surface area (Å²) in [6.45, 7) is 0.592. The number of aromatic nitrogens is 1. The van der Waals surface area contributed by atoms with Gasteiger partial charge in [0.15, 0.2) is 0 Å². The molecule has 2 heterocycles.